The molecule has 9 heteroatoms. The van der Waals surface area contributed by atoms with Crippen molar-refractivity contribution >= 4 is 11.8 Å². The number of hydrogen-bond acceptors (Lipinski definition) is 5. The van der Waals surface area contributed by atoms with Gasteiger partial charge in [-0.05, 0) is 37.5 Å². The van der Waals surface area contributed by atoms with Crippen molar-refractivity contribution in [1.29, 1.82) is 0 Å². The SMILES string of the molecule is O=C(Cn1ccc(=O)[nH]c1=O)N1CCC2(CCC(=O)N(C[C@H]3CCCO3)C2)CC1. The minimum Gasteiger partial charge on any atom is -0.376 e. The normalized spacial score (nSPS) is 24.3. The highest BCUT2D eigenvalue weighted by Gasteiger charge is 2.42. The predicted octanol–water partition coefficient (Wildman–Crippen LogP) is -0.0532. The van der Waals surface area contributed by atoms with Crippen LogP contribution in [-0.4, -0.2) is 70.1 Å². The Kier molecular flexibility index (Phi) is 5.58. The summed E-state index contributed by atoms with van der Waals surface area (Å²) in [5.41, 5.74) is -0.981. The van der Waals surface area contributed by atoms with Crippen LogP contribution in [0.4, 0.5) is 0 Å². The highest BCUT2D eigenvalue weighted by Crippen LogP contribution is 2.40. The van der Waals surface area contributed by atoms with Crippen LogP contribution < -0.4 is 11.2 Å². The summed E-state index contributed by atoms with van der Waals surface area (Å²) in [7, 11) is 0. The summed E-state index contributed by atoms with van der Waals surface area (Å²) in [4.78, 5) is 53.9. The number of hydrogen-bond donors (Lipinski definition) is 1. The molecule has 1 N–H and O–H groups in total. The molecule has 3 fully saturated rings. The van der Waals surface area contributed by atoms with E-state index in [1.54, 1.807) is 4.90 Å². The average Bonchev–Trinajstić information content (AvgIpc) is 3.21. The molecule has 2 amide bonds. The maximum atomic E-state index is 12.6. The Hall–Kier alpha value is -2.42. The van der Waals surface area contributed by atoms with E-state index in [0.29, 0.717) is 26.1 Å². The second-order valence-electron chi connectivity index (χ2n) is 8.53. The lowest BCUT2D eigenvalue weighted by molar-refractivity contribution is -0.144. The van der Waals surface area contributed by atoms with Crippen molar-refractivity contribution in [3.8, 4) is 0 Å². The number of likely N-dealkylation sites (tertiary alicyclic amines) is 2. The summed E-state index contributed by atoms with van der Waals surface area (Å²) in [6.07, 6.45) is 6.73. The van der Waals surface area contributed by atoms with Crippen molar-refractivity contribution < 1.29 is 14.3 Å². The number of nitrogens with zero attached hydrogens (tertiary/aromatic N) is 3. The van der Waals surface area contributed by atoms with Crippen LogP contribution in [0.25, 0.3) is 0 Å². The molecule has 0 bridgehead atoms. The van der Waals surface area contributed by atoms with E-state index in [2.05, 4.69) is 4.98 Å². The Morgan fingerprint density at radius 3 is 2.69 bits per heavy atom. The van der Waals surface area contributed by atoms with Crippen LogP contribution in [-0.2, 0) is 20.9 Å². The third-order valence-electron chi connectivity index (χ3n) is 6.58. The summed E-state index contributed by atoms with van der Waals surface area (Å²) in [5.74, 6) is 0.0826. The Balaban J connectivity index is 1.34. The molecule has 0 unspecified atom stereocenters. The minimum absolute atomic E-state index is 0.0676. The van der Waals surface area contributed by atoms with Gasteiger partial charge in [0.25, 0.3) is 5.56 Å². The van der Waals surface area contributed by atoms with Gasteiger partial charge >= 0.3 is 5.69 Å². The number of rotatable bonds is 4. The van der Waals surface area contributed by atoms with Crippen molar-refractivity contribution in [1.82, 2.24) is 19.4 Å². The molecular formula is C20H28N4O5. The Labute approximate surface area is 168 Å². The van der Waals surface area contributed by atoms with E-state index in [0.717, 1.165) is 45.3 Å². The molecule has 9 nitrogen and oxygen atoms in total. The van der Waals surface area contributed by atoms with Crippen LogP contribution in [0.3, 0.4) is 0 Å². The van der Waals surface area contributed by atoms with Gasteiger partial charge in [0.1, 0.15) is 6.54 Å². The molecule has 0 radical (unpaired) electrons. The van der Waals surface area contributed by atoms with Gasteiger partial charge in [-0.15, -0.1) is 0 Å². The highest BCUT2D eigenvalue weighted by atomic mass is 16.5. The fraction of sp³-hybridized carbons (Fsp3) is 0.700. The molecule has 29 heavy (non-hydrogen) atoms. The number of carbonyl (C=O) groups excluding carboxylic acids is 2. The molecule has 1 spiro atoms. The van der Waals surface area contributed by atoms with Crippen LogP contribution in [0.2, 0.25) is 0 Å². The molecule has 3 aliphatic heterocycles. The first kappa shape index (κ1) is 19.9. The number of H-pyrrole nitrogens is 1. The van der Waals surface area contributed by atoms with E-state index in [1.807, 2.05) is 4.90 Å². The van der Waals surface area contributed by atoms with Gasteiger partial charge in [0.2, 0.25) is 11.8 Å². The molecule has 158 valence electrons. The molecule has 1 aromatic rings. The molecule has 1 atom stereocenters. The van der Waals surface area contributed by atoms with Gasteiger partial charge in [0.05, 0.1) is 6.10 Å². The predicted molar refractivity (Wildman–Crippen MR) is 104 cm³/mol. The zero-order chi connectivity index (χ0) is 20.4. The number of aromatic nitrogens is 2. The fourth-order valence-corrected chi connectivity index (χ4v) is 4.76. The van der Waals surface area contributed by atoms with Crippen molar-refractivity contribution in [2.75, 3.05) is 32.8 Å². The van der Waals surface area contributed by atoms with E-state index in [1.165, 1.54) is 16.8 Å². The molecule has 3 saturated heterocycles. The first-order valence-corrected chi connectivity index (χ1v) is 10.4. The lowest BCUT2D eigenvalue weighted by atomic mass is 9.72. The molecule has 4 heterocycles. The largest absolute Gasteiger partial charge is 0.376 e. The topological polar surface area (TPSA) is 105 Å². The Bertz CT molecular complexity index is 877. The zero-order valence-corrected chi connectivity index (χ0v) is 16.6. The van der Waals surface area contributed by atoms with Gasteiger partial charge in [-0.25, -0.2) is 4.79 Å². The van der Waals surface area contributed by atoms with Gasteiger partial charge in [-0.3, -0.25) is 23.9 Å². The van der Waals surface area contributed by atoms with Crippen LogP contribution in [0.15, 0.2) is 21.9 Å². The zero-order valence-electron chi connectivity index (χ0n) is 16.6. The van der Waals surface area contributed by atoms with Gasteiger partial charge in [-0.2, -0.15) is 0 Å². The van der Waals surface area contributed by atoms with E-state index >= 15 is 0 Å². The molecule has 1 aromatic heterocycles. The van der Waals surface area contributed by atoms with Crippen molar-refractivity contribution in [3.63, 3.8) is 0 Å². The van der Waals surface area contributed by atoms with E-state index in [-0.39, 0.29) is 29.9 Å². The monoisotopic (exact) mass is 404 g/mol. The molecule has 0 saturated carbocycles. The van der Waals surface area contributed by atoms with Crippen molar-refractivity contribution in [3.05, 3.63) is 33.1 Å². The average molecular weight is 404 g/mol. The van der Waals surface area contributed by atoms with Gasteiger partial charge in [0, 0.05) is 51.5 Å². The molecule has 4 rings (SSSR count). The van der Waals surface area contributed by atoms with Gasteiger partial charge in [-0.1, -0.05) is 0 Å². The number of carbonyl (C=O) groups is 2. The molecule has 0 aliphatic carbocycles. The number of piperidine rings is 2. The third kappa shape index (κ3) is 4.44. The fourth-order valence-electron chi connectivity index (χ4n) is 4.76. The van der Waals surface area contributed by atoms with Crippen LogP contribution in [0.5, 0.6) is 0 Å². The number of ether oxygens (including phenoxy) is 1. The molecular weight excluding hydrogens is 376 g/mol. The molecule has 3 aliphatic rings. The maximum absolute atomic E-state index is 12.6. The summed E-state index contributed by atoms with van der Waals surface area (Å²) in [6, 6.07) is 1.24. The van der Waals surface area contributed by atoms with Crippen LogP contribution >= 0.6 is 0 Å². The van der Waals surface area contributed by atoms with E-state index in [4.69, 9.17) is 4.74 Å². The standard InChI is InChI=1S/C20H28N4O5/c25-16-4-8-23(19(28)21-16)13-18(27)22-9-6-20(7-10-22)5-3-17(26)24(14-20)12-15-2-1-11-29-15/h4,8,15H,1-3,5-7,9-14H2,(H,21,25,28)/t15-/m1/s1. The maximum Gasteiger partial charge on any atom is 0.328 e. The smallest absolute Gasteiger partial charge is 0.328 e. The van der Waals surface area contributed by atoms with Crippen LogP contribution in [0.1, 0.15) is 38.5 Å². The number of aromatic amines is 1. The summed E-state index contributed by atoms with van der Waals surface area (Å²) < 4.78 is 6.92. The third-order valence-corrected chi connectivity index (χ3v) is 6.58. The van der Waals surface area contributed by atoms with Gasteiger partial charge < -0.3 is 14.5 Å². The first-order valence-electron chi connectivity index (χ1n) is 10.4. The van der Waals surface area contributed by atoms with E-state index in [9.17, 15) is 19.2 Å². The lowest BCUT2D eigenvalue weighted by Crippen LogP contribution is -2.54. The van der Waals surface area contributed by atoms with Gasteiger partial charge in [0.15, 0.2) is 0 Å². The Morgan fingerprint density at radius 2 is 2.00 bits per heavy atom. The summed E-state index contributed by atoms with van der Waals surface area (Å²) in [6.45, 7) is 3.38. The molecule has 0 aromatic carbocycles. The second-order valence-corrected chi connectivity index (χ2v) is 8.53. The Morgan fingerprint density at radius 1 is 1.21 bits per heavy atom. The van der Waals surface area contributed by atoms with Crippen molar-refractivity contribution in [2.24, 2.45) is 5.41 Å². The second kappa shape index (κ2) is 8.14. The lowest BCUT2D eigenvalue weighted by Gasteiger charge is -2.47. The summed E-state index contributed by atoms with van der Waals surface area (Å²) in [5, 5.41) is 0. The quantitative estimate of drug-likeness (QED) is 0.757. The van der Waals surface area contributed by atoms with Crippen molar-refractivity contribution in [2.45, 2.75) is 51.2 Å². The first-order chi connectivity index (χ1) is 13.9. The number of amides is 2. The van der Waals surface area contributed by atoms with E-state index < -0.39 is 11.2 Å². The minimum atomic E-state index is -0.574. The number of nitrogens with one attached hydrogen (secondary N) is 1. The van der Waals surface area contributed by atoms with Crippen LogP contribution in [0, 0.1) is 5.41 Å². The highest BCUT2D eigenvalue weighted by molar-refractivity contribution is 5.77. The summed E-state index contributed by atoms with van der Waals surface area (Å²) >= 11 is 0.